The number of hydrogen-bond acceptors (Lipinski definition) is 4. The first-order valence-corrected chi connectivity index (χ1v) is 6.72. The van der Waals surface area contributed by atoms with Gasteiger partial charge in [0.2, 0.25) is 0 Å². The molecule has 2 rings (SSSR count). The van der Waals surface area contributed by atoms with Crippen LogP contribution in [0.3, 0.4) is 0 Å². The lowest BCUT2D eigenvalue weighted by atomic mass is 10.1. The molecule has 5 heteroatoms. The molecule has 0 aliphatic heterocycles. The van der Waals surface area contributed by atoms with Gasteiger partial charge in [-0.25, -0.2) is 4.98 Å². The Morgan fingerprint density at radius 2 is 2.24 bits per heavy atom. The van der Waals surface area contributed by atoms with Crippen LogP contribution >= 0.6 is 22.9 Å². The molecule has 90 valence electrons. The molecule has 0 radical (unpaired) electrons. The second-order valence-electron chi connectivity index (χ2n) is 3.62. The molecule has 2 aromatic rings. The minimum absolute atomic E-state index is 0.730. The van der Waals surface area contributed by atoms with Crippen molar-refractivity contribution in [2.75, 3.05) is 0 Å². The van der Waals surface area contributed by atoms with Gasteiger partial charge in [-0.2, -0.15) is 0 Å². The third-order valence-electron chi connectivity index (χ3n) is 2.46. The first-order chi connectivity index (χ1) is 8.29. The molecule has 0 atom stereocenters. The number of rotatable bonds is 5. The van der Waals surface area contributed by atoms with Crippen LogP contribution < -0.4 is 5.32 Å². The van der Waals surface area contributed by atoms with E-state index in [0.717, 1.165) is 34.5 Å². The Hall–Kier alpha value is -0.970. The van der Waals surface area contributed by atoms with Crippen LogP contribution in [0.2, 0.25) is 4.34 Å². The van der Waals surface area contributed by atoms with Crippen molar-refractivity contribution in [3.63, 3.8) is 0 Å². The lowest BCUT2D eigenvalue weighted by molar-refractivity contribution is 0.670. The van der Waals surface area contributed by atoms with Crippen molar-refractivity contribution in [1.82, 2.24) is 15.3 Å². The molecule has 0 amide bonds. The summed E-state index contributed by atoms with van der Waals surface area (Å²) in [5.41, 5.74) is 2.40. The van der Waals surface area contributed by atoms with Crippen LogP contribution in [0, 0.1) is 0 Å². The van der Waals surface area contributed by atoms with E-state index in [-0.39, 0.29) is 0 Å². The summed E-state index contributed by atoms with van der Waals surface area (Å²) in [4.78, 5) is 8.57. The van der Waals surface area contributed by atoms with Gasteiger partial charge in [0, 0.05) is 19.3 Å². The number of nitrogens with one attached hydrogen (secondary N) is 1. The number of aryl methyl sites for hydroxylation is 1. The maximum absolute atomic E-state index is 5.82. The van der Waals surface area contributed by atoms with Gasteiger partial charge in [0.1, 0.15) is 9.34 Å². The first kappa shape index (κ1) is 12.5. The second-order valence-corrected chi connectivity index (χ2v) is 5.37. The average Bonchev–Trinajstić information content (AvgIpc) is 2.76. The summed E-state index contributed by atoms with van der Waals surface area (Å²) in [6.45, 7) is 3.64. The van der Waals surface area contributed by atoms with Crippen LogP contribution in [0.15, 0.2) is 24.5 Å². The molecule has 0 bridgehead atoms. The van der Waals surface area contributed by atoms with E-state index in [1.807, 2.05) is 12.3 Å². The Balaban J connectivity index is 1.89. The van der Waals surface area contributed by atoms with Gasteiger partial charge in [0.25, 0.3) is 0 Å². The standard InChI is InChI=1S/C12H14ClN3S/c1-2-9-4-3-5-15-10(9)6-14-8-12-16-7-11(13)17-12/h3-5,7,14H,2,6,8H2,1H3. The Morgan fingerprint density at radius 1 is 1.35 bits per heavy atom. The highest BCUT2D eigenvalue weighted by molar-refractivity contribution is 7.15. The Morgan fingerprint density at radius 3 is 2.94 bits per heavy atom. The maximum atomic E-state index is 5.82. The zero-order valence-corrected chi connectivity index (χ0v) is 11.2. The molecule has 0 saturated carbocycles. The van der Waals surface area contributed by atoms with E-state index >= 15 is 0 Å². The number of nitrogens with zero attached hydrogens (tertiary/aromatic N) is 2. The molecule has 0 aliphatic carbocycles. The topological polar surface area (TPSA) is 37.8 Å². The van der Waals surface area contributed by atoms with Gasteiger partial charge >= 0.3 is 0 Å². The summed E-state index contributed by atoms with van der Waals surface area (Å²) in [6.07, 6.45) is 4.52. The lowest BCUT2D eigenvalue weighted by Crippen LogP contribution is -2.14. The van der Waals surface area contributed by atoms with Crippen LogP contribution in [0.5, 0.6) is 0 Å². The molecule has 17 heavy (non-hydrogen) atoms. The van der Waals surface area contributed by atoms with Crippen LogP contribution in [0.4, 0.5) is 0 Å². The molecule has 0 aromatic carbocycles. The molecule has 0 aliphatic rings. The molecule has 0 saturated heterocycles. The van der Waals surface area contributed by atoms with Crippen molar-refractivity contribution in [2.45, 2.75) is 26.4 Å². The quantitative estimate of drug-likeness (QED) is 0.905. The second kappa shape index (κ2) is 6.10. The predicted octanol–water partition coefficient (Wildman–Crippen LogP) is 3.04. The molecular weight excluding hydrogens is 254 g/mol. The van der Waals surface area contributed by atoms with Crippen LogP contribution in [-0.2, 0) is 19.5 Å². The van der Waals surface area contributed by atoms with Gasteiger partial charge in [-0.1, -0.05) is 24.6 Å². The highest BCUT2D eigenvalue weighted by atomic mass is 35.5. The van der Waals surface area contributed by atoms with Crippen molar-refractivity contribution < 1.29 is 0 Å². The fourth-order valence-corrected chi connectivity index (χ4v) is 2.54. The van der Waals surface area contributed by atoms with Crippen molar-refractivity contribution in [2.24, 2.45) is 0 Å². The van der Waals surface area contributed by atoms with Gasteiger partial charge in [0.05, 0.1) is 11.9 Å². The Labute approximate surface area is 110 Å². The van der Waals surface area contributed by atoms with E-state index in [1.54, 1.807) is 6.20 Å². The predicted molar refractivity (Wildman–Crippen MR) is 71.3 cm³/mol. The molecule has 0 spiro atoms. The minimum atomic E-state index is 0.730. The van der Waals surface area contributed by atoms with Crippen molar-refractivity contribution in [3.05, 3.63) is 45.1 Å². The lowest BCUT2D eigenvalue weighted by Gasteiger charge is -2.06. The fourth-order valence-electron chi connectivity index (χ4n) is 1.61. The summed E-state index contributed by atoms with van der Waals surface area (Å²) in [7, 11) is 0. The Kier molecular flexibility index (Phi) is 4.48. The summed E-state index contributed by atoms with van der Waals surface area (Å²) >= 11 is 7.32. The van der Waals surface area contributed by atoms with Gasteiger partial charge in [-0.05, 0) is 18.1 Å². The smallest absolute Gasteiger partial charge is 0.113 e. The van der Waals surface area contributed by atoms with E-state index in [1.165, 1.54) is 16.9 Å². The van der Waals surface area contributed by atoms with E-state index in [4.69, 9.17) is 11.6 Å². The molecule has 2 aromatic heterocycles. The van der Waals surface area contributed by atoms with Crippen LogP contribution in [0.25, 0.3) is 0 Å². The summed E-state index contributed by atoms with van der Waals surface area (Å²) < 4.78 is 0.730. The highest BCUT2D eigenvalue weighted by Gasteiger charge is 2.02. The summed E-state index contributed by atoms with van der Waals surface area (Å²) in [6, 6.07) is 4.09. The first-order valence-electron chi connectivity index (χ1n) is 5.53. The SMILES string of the molecule is CCc1cccnc1CNCc1ncc(Cl)s1. The monoisotopic (exact) mass is 267 g/mol. The molecular formula is C12H14ClN3S. The summed E-state index contributed by atoms with van der Waals surface area (Å²) in [5.74, 6) is 0. The number of aromatic nitrogens is 2. The van der Waals surface area contributed by atoms with Crippen molar-refractivity contribution in [1.29, 1.82) is 0 Å². The van der Waals surface area contributed by atoms with Gasteiger partial charge in [0.15, 0.2) is 0 Å². The molecule has 3 nitrogen and oxygen atoms in total. The maximum Gasteiger partial charge on any atom is 0.113 e. The van der Waals surface area contributed by atoms with Gasteiger partial charge in [-0.15, -0.1) is 11.3 Å². The highest BCUT2D eigenvalue weighted by Crippen LogP contribution is 2.17. The minimum Gasteiger partial charge on any atom is -0.305 e. The zero-order chi connectivity index (χ0) is 12.1. The van der Waals surface area contributed by atoms with Crippen molar-refractivity contribution >= 4 is 22.9 Å². The van der Waals surface area contributed by atoms with Gasteiger partial charge in [-0.3, -0.25) is 4.98 Å². The third kappa shape index (κ3) is 3.49. The molecule has 1 N–H and O–H groups in total. The largest absolute Gasteiger partial charge is 0.305 e. The number of pyridine rings is 1. The fraction of sp³-hybridized carbons (Fsp3) is 0.333. The molecule has 0 unspecified atom stereocenters. The zero-order valence-electron chi connectivity index (χ0n) is 9.61. The number of thiazole rings is 1. The van der Waals surface area contributed by atoms with Gasteiger partial charge < -0.3 is 5.32 Å². The average molecular weight is 268 g/mol. The van der Waals surface area contributed by atoms with Crippen LogP contribution in [0.1, 0.15) is 23.2 Å². The van der Waals surface area contributed by atoms with Crippen molar-refractivity contribution in [3.8, 4) is 0 Å². The van der Waals surface area contributed by atoms with Crippen LogP contribution in [-0.4, -0.2) is 9.97 Å². The normalized spacial score (nSPS) is 10.7. The van der Waals surface area contributed by atoms with E-state index in [0.29, 0.717) is 0 Å². The van der Waals surface area contributed by atoms with E-state index < -0.39 is 0 Å². The molecule has 0 fully saturated rings. The molecule has 2 heterocycles. The summed E-state index contributed by atoms with van der Waals surface area (Å²) in [5, 5.41) is 4.34. The third-order valence-corrected chi connectivity index (χ3v) is 3.57. The Bertz CT molecular complexity index is 484. The van der Waals surface area contributed by atoms with E-state index in [9.17, 15) is 0 Å². The number of halogens is 1. The number of hydrogen-bond donors (Lipinski definition) is 1. The van der Waals surface area contributed by atoms with E-state index in [2.05, 4.69) is 28.3 Å².